The second kappa shape index (κ2) is 7.16. The SMILES string of the molecule is CCC(O)CN(C)C[C@@H]1CCN(C)[C@H]1c1cccnc1. The number of likely N-dealkylation sites (tertiary alicyclic amines) is 1. The molecule has 4 nitrogen and oxygen atoms in total. The van der Waals surface area contributed by atoms with Gasteiger partial charge in [0.1, 0.15) is 0 Å². The first-order chi connectivity index (χ1) is 9.61. The Morgan fingerprint density at radius 3 is 3.00 bits per heavy atom. The van der Waals surface area contributed by atoms with Crippen molar-refractivity contribution in [2.24, 2.45) is 5.92 Å². The van der Waals surface area contributed by atoms with Gasteiger partial charge in [0.15, 0.2) is 0 Å². The molecule has 1 fully saturated rings. The third kappa shape index (κ3) is 3.78. The van der Waals surface area contributed by atoms with Gasteiger partial charge in [0.05, 0.1) is 6.10 Å². The van der Waals surface area contributed by atoms with Crippen molar-refractivity contribution in [2.75, 3.05) is 33.7 Å². The number of likely N-dealkylation sites (N-methyl/N-ethyl adjacent to an activating group) is 1. The van der Waals surface area contributed by atoms with E-state index in [-0.39, 0.29) is 6.10 Å². The summed E-state index contributed by atoms with van der Waals surface area (Å²) in [7, 11) is 4.30. The molecular formula is C16H27N3O. The van der Waals surface area contributed by atoms with Crippen LogP contribution in [0.2, 0.25) is 0 Å². The third-order valence-electron chi connectivity index (χ3n) is 4.34. The lowest BCUT2D eigenvalue weighted by Gasteiger charge is -2.29. The van der Waals surface area contributed by atoms with Crippen LogP contribution in [0.25, 0.3) is 0 Å². The molecule has 1 saturated heterocycles. The second-order valence-electron chi connectivity index (χ2n) is 6.04. The molecule has 1 aromatic heterocycles. The topological polar surface area (TPSA) is 39.6 Å². The minimum absolute atomic E-state index is 0.212. The Bertz CT molecular complexity index is 398. The number of hydrogen-bond donors (Lipinski definition) is 1. The zero-order chi connectivity index (χ0) is 14.5. The van der Waals surface area contributed by atoms with Crippen LogP contribution in [-0.4, -0.2) is 59.7 Å². The Kier molecular flexibility index (Phi) is 5.52. The normalized spacial score (nSPS) is 25.2. The zero-order valence-corrected chi connectivity index (χ0v) is 12.9. The number of aromatic nitrogens is 1. The highest BCUT2D eigenvalue weighted by Crippen LogP contribution is 2.36. The number of pyridine rings is 1. The lowest BCUT2D eigenvalue weighted by Crippen LogP contribution is -2.34. The van der Waals surface area contributed by atoms with Gasteiger partial charge in [-0.05, 0) is 51.0 Å². The molecule has 0 bridgehead atoms. The van der Waals surface area contributed by atoms with Crippen molar-refractivity contribution in [1.82, 2.24) is 14.8 Å². The average Bonchev–Trinajstić information content (AvgIpc) is 2.80. The van der Waals surface area contributed by atoms with E-state index in [0.29, 0.717) is 12.0 Å². The minimum atomic E-state index is -0.212. The number of aliphatic hydroxyl groups is 1. The molecule has 0 aromatic carbocycles. The van der Waals surface area contributed by atoms with E-state index < -0.39 is 0 Å². The van der Waals surface area contributed by atoms with Crippen LogP contribution in [0.4, 0.5) is 0 Å². The molecule has 3 atom stereocenters. The van der Waals surface area contributed by atoms with Gasteiger partial charge in [-0.15, -0.1) is 0 Å². The molecule has 0 saturated carbocycles. The van der Waals surface area contributed by atoms with Gasteiger partial charge >= 0.3 is 0 Å². The summed E-state index contributed by atoms with van der Waals surface area (Å²) in [6.45, 7) is 4.95. The smallest absolute Gasteiger partial charge is 0.0664 e. The van der Waals surface area contributed by atoms with Crippen LogP contribution in [0.3, 0.4) is 0 Å². The molecule has 1 N–H and O–H groups in total. The van der Waals surface area contributed by atoms with Crippen LogP contribution >= 0.6 is 0 Å². The fourth-order valence-corrected chi connectivity index (χ4v) is 3.26. The van der Waals surface area contributed by atoms with Crippen molar-refractivity contribution < 1.29 is 5.11 Å². The molecule has 1 unspecified atom stereocenters. The fourth-order valence-electron chi connectivity index (χ4n) is 3.26. The van der Waals surface area contributed by atoms with Crippen LogP contribution in [0, 0.1) is 5.92 Å². The standard InChI is InChI=1S/C16H27N3O/c1-4-15(20)12-18(2)11-14-7-9-19(3)16(14)13-6-5-8-17-10-13/h5-6,8,10,14-16,20H,4,7,9,11-12H2,1-3H3/t14-,15?,16-/m0/s1. The number of aliphatic hydroxyl groups excluding tert-OH is 1. The van der Waals surface area contributed by atoms with Crippen molar-refractivity contribution in [3.8, 4) is 0 Å². The first kappa shape index (κ1) is 15.4. The van der Waals surface area contributed by atoms with E-state index in [9.17, 15) is 5.11 Å². The molecule has 20 heavy (non-hydrogen) atoms. The number of nitrogens with zero attached hydrogens (tertiary/aromatic N) is 3. The van der Waals surface area contributed by atoms with E-state index in [4.69, 9.17) is 0 Å². The molecule has 1 aliphatic heterocycles. The summed E-state index contributed by atoms with van der Waals surface area (Å²) < 4.78 is 0. The molecule has 4 heteroatoms. The summed E-state index contributed by atoms with van der Waals surface area (Å²) in [6, 6.07) is 4.64. The second-order valence-corrected chi connectivity index (χ2v) is 6.04. The summed E-state index contributed by atoms with van der Waals surface area (Å²) in [6.07, 6.45) is 5.64. The number of rotatable bonds is 6. The predicted octanol–water partition coefficient (Wildman–Crippen LogP) is 1.78. The Hall–Kier alpha value is -0.970. The van der Waals surface area contributed by atoms with Crippen LogP contribution in [-0.2, 0) is 0 Å². The summed E-state index contributed by atoms with van der Waals surface area (Å²) in [5, 5.41) is 9.78. The van der Waals surface area contributed by atoms with Gasteiger partial charge < -0.3 is 10.0 Å². The highest BCUT2D eigenvalue weighted by Gasteiger charge is 2.33. The first-order valence-corrected chi connectivity index (χ1v) is 7.58. The molecule has 0 radical (unpaired) electrons. The van der Waals surface area contributed by atoms with E-state index in [0.717, 1.165) is 26.1 Å². The van der Waals surface area contributed by atoms with Gasteiger partial charge in [0, 0.05) is 31.5 Å². The molecule has 0 aliphatic carbocycles. The monoisotopic (exact) mass is 277 g/mol. The maximum absolute atomic E-state index is 9.78. The van der Waals surface area contributed by atoms with E-state index in [1.807, 2.05) is 25.4 Å². The minimum Gasteiger partial charge on any atom is -0.392 e. The van der Waals surface area contributed by atoms with Gasteiger partial charge in [0.25, 0.3) is 0 Å². The third-order valence-corrected chi connectivity index (χ3v) is 4.34. The van der Waals surface area contributed by atoms with Crippen molar-refractivity contribution >= 4 is 0 Å². The van der Waals surface area contributed by atoms with Gasteiger partial charge in [-0.25, -0.2) is 0 Å². The maximum Gasteiger partial charge on any atom is 0.0664 e. The Balaban J connectivity index is 2.00. The molecule has 1 aliphatic rings. The van der Waals surface area contributed by atoms with Crippen LogP contribution in [0.15, 0.2) is 24.5 Å². The quantitative estimate of drug-likeness (QED) is 0.860. The van der Waals surface area contributed by atoms with E-state index in [1.54, 1.807) is 0 Å². The van der Waals surface area contributed by atoms with Crippen molar-refractivity contribution in [3.05, 3.63) is 30.1 Å². The molecule has 112 valence electrons. The Morgan fingerprint density at radius 1 is 1.55 bits per heavy atom. The largest absolute Gasteiger partial charge is 0.392 e. The molecule has 1 aromatic rings. The lowest BCUT2D eigenvalue weighted by atomic mass is 9.94. The Labute approximate surface area is 122 Å². The summed E-state index contributed by atoms with van der Waals surface area (Å²) in [5.41, 5.74) is 1.31. The summed E-state index contributed by atoms with van der Waals surface area (Å²) in [5.74, 6) is 0.609. The van der Waals surface area contributed by atoms with E-state index in [1.165, 1.54) is 12.0 Å². The van der Waals surface area contributed by atoms with Crippen molar-refractivity contribution in [3.63, 3.8) is 0 Å². The molecule has 0 spiro atoms. The molecule has 2 heterocycles. The molecular weight excluding hydrogens is 250 g/mol. The van der Waals surface area contributed by atoms with E-state index >= 15 is 0 Å². The van der Waals surface area contributed by atoms with Crippen molar-refractivity contribution in [1.29, 1.82) is 0 Å². The zero-order valence-electron chi connectivity index (χ0n) is 12.9. The predicted molar refractivity (Wildman–Crippen MR) is 81.5 cm³/mol. The molecule has 0 amide bonds. The van der Waals surface area contributed by atoms with Gasteiger partial charge in [-0.1, -0.05) is 13.0 Å². The summed E-state index contributed by atoms with van der Waals surface area (Å²) >= 11 is 0. The van der Waals surface area contributed by atoms with Crippen molar-refractivity contribution in [2.45, 2.75) is 31.9 Å². The average molecular weight is 277 g/mol. The van der Waals surface area contributed by atoms with Gasteiger partial charge in [-0.3, -0.25) is 9.88 Å². The molecule has 2 rings (SSSR count). The van der Waals surface area contributed by atoms with Crippen LogP contribution in [0.5, 0.6) is 0 Å². The maximum atomic E-state index is 9.78. The number of hydrogen-bond acceptors (Lipinski definition) is 4. The highest BCUT2D eigenvalue weighted by atomic mass is 16.3. The fraction of sp³-hybridized carbons (Fsp3) is 0.688. The van der Waals surface area contributed by atoms with Gasteiger partial charge in [0.2, 0.25) is 0 Å². The summed E-state index contributed by atoms with van der Waals surface area (Å²) in [4.78, 5) is 8.95. The van der Waals surface area contributed by atoms with Gasteiger partial charge in [-0.2, -0.15) is 0 Å². The van der Waals surface area contributed by atoms with Crippen LogP contribution < -0.4 is 0 Å². The van der Waals surface area contributed by atoms with E-state index in [2.05, 4.69) is 34.9 Å². The van der Waals surface area contributed by atoms with Crippen LogP contribution in [0.1, 0.15) is 31.4 Å². The lowest BCUT2D eigenvalue weighted by molar-refractivity contribution is 0.109. The first-order valence-electron chi connectivity index (χ1n) is 7.58. The Morgan fingerprint density at radius 2 is 2.35 bits per heavy atom. The highest BCUT2D eigenvalue weighted by molar-refractivity contribution is 5.17.